The number of unbranched alkanes of at least 4 members (excludes halogenated alkanes) is 8. The highest BCUT2D eigenvalue weighted by Gasteiger charge is 2.37. The summed E-state index contributed by atoms with van der Waals surface area (Å²) in [6, 6.07) is 0. The molecular weight excluding hydrogens is 412 g/mol. The molecule has 3 unspecified atom stereocenters. The van der Waals surface area contributed by atoms with Crippen LogP contribution in [0.3, 0.4) is 0 Å². The van der Waals surface area contributed by atoms with Crippen LogP contribution in [0.4, 0.5) is 0 Å². The lowest BCUT2D eigenvalue weighted by Crippen LogP contribution is -2.35. The molecule has 1 saturated carbocycles. The molecule has 1 aliphatic rings. The Bertz CT molecular complexity index is 514. The van der Waals surface area contributed by atoms with Crippen LogP contribution >= 0.6 is 0 Å². The molecule has 1 fully saturated rings. The van der Waals surface area contributed by atoms with Crippen LogP contribution in [-0.4, -0.2) is 23.1 Å². The molecule has 0 radical (unpaired) electrons. The molecule has 1 rings (SSSR count). The lowest BCUT2D eigenvalue weighted by molar-refractivity contribution is -0.164. The van der Waals surface area contributed by atoms with E-state index in [1.807, 2.05) is 0 Å². The second-order valence-electron chi connectivity index (χ2n) is 11.4. The highest BCUT2D eigenvalue weighted by molar-refractivity contribution is 5.81. The Hall–Kier alpha value is -1.06. The minimum Gasteiger partial charge on any atom is -0.481 e. The quantitative estimate of drug-likeness (QED) is 0.153. The SMILES string of the molecule is CC(C)CCCCCCCCCC(CCCCCC(C)C)OC(=O)C1CCCCC1C(=O)O. The molecule has 33 heavy (non-hydrogen) atoms. The molecule has 0 amide bonds. The molecule has 1 N–H and O–H groups in total. The molecule has 0 heterocycles. The summed E-state index contributed by atoms with van der Waals surface area (Å²) in [4.78, 5) is 24.5. The van der Waals surface area contributed by atoms with Crippen molar-refractivity contribution in [1.29, 1.82) is 0 Å². The molecule has 1 aliphatic carbocycles. The third-order valence-electron chi connectivity index (χ3n) is 7.28. The van der Waals surface area contributed by atoms with Crippen LogP contribution in [0.15, 0.2) is 0 Å². The Morgan fingerprint density at radius 3 is 1.52 bits per heavy atom. The van der Waals surface area contributed by atoms with E-state index in [1.165, 1.54) is 64.2 Å². The second kappa shape index (κ2) is 18.3. The van der Waals surface area contributed by atoms with E-state index in [-0.39, 0.29) is 12.1 Å². The number of carbonyl (C=O) groups excluding carboxylic acids is 1. The normalized spacial score (nSPS) is 19.7. The van der Waals surface area contributed by atoms with Gasteiger partial charge in [-0.1, -0.05) is 105 Å². The molecular formula is C29H54O4. The van der Waals surface area contributed by atoms with Crippen molar-refractivity contribution in [2.45, 2.75) is 149 Å². The maximum atomic E-state index is 12.9. The van der Waals surface area contributed by atoms with Gasteiger partial charge in [0.1, 0.15) is 6.10 Å². The lowest BCUT2D eigenvalue weighted by Gasteiger charge is -2.29. The molecule has 4 nitrogen and oxygen atoms in total. The van der Waals surface area contributed by atoms with Crippen molar-refractivity contribution in [3.63, 3.8) is 0 Å². The van der Waals surface area contributed by atoms with Gasteiger partial charge in [-0.25, -0.2) is 0 Å². The van der Waals surface area contributed by atoms with E-state index < -0.39 is 17.8 Å². The number of carbonyl (C=O) groups is 2. The van der Waals surface area contributed by atoms with Crippen molar-refractivity contribution in [3.8, 4) is 0 Å². The van der Waals surface area contributed by atoms with Gasteiger partial charge < -0.3 is 9.84 Å². The van der Waals surface area contributed by atoms with Crippen molar-refractivity contribution < 1.29 is 19.4 Å². The fourth-order valence-electron chi connectivity index (χ4n) is 5.13. The highest BCUT2D eigenvalue weighted by atomic mass is 16.5. The van der Waals surface area contributed by atoms with Crippen molar-refractivity contribution in [1.82, 2.24) is 0 Å². The minimum atomic E-state index is -0.838. The monoisotopic (exact) mass is 466 g/mol. The predicted molar refractivity (Wildman–Crippen MR) is 137 cm³/mol. The number of ether oxygens (including phenoxy) is 1. The zero-order valence-corrected chi connectivity index (χ0v) is 22.3. The second-order valence-corrected chi connectivity index (χ2v) is 11.4. The van der Waals surface area contributed by atoms with Gasteiger partial charge in [-0.15, -0.1) is 0 Å². The van der Waals surface area contributed by atoms with Gasteiger partial charge in [0.15, 0.2) is 0 Å². The van der Waals surface area contributed by atoms with Crippen LogP contribution in [0.25, 0.3) is 0 Å². The van der Waals surface area contributed by atoms with Crippen LogP contribution < -0.4 is 0 Å². The number of aliphatic carboxylic acids is 1. The van der Waals surface area contributed by atoms with E-state index in [1.54, 1.807) is 0 Å². The number of carboxylic acids is 1. The van der Waals surface area contributed by atoms with Gasteiger partial charge in [-0.05, 0) is 50.4 Å². The van der Waals surface area contributed by atoms with Crippen molar-refractivity contribution in [2.24, 2.45) is 23.7 Å². The average Bonchev–Trinajstić information content (AvgIpc) is 2.76. The summed E-state index contributed by atoms with van der Waals surface area (Å²) in [6.07, 6.45) is 19.9. The van der Waals surface area contributed by atoms with Crippen molar-refractivity contribution in [2.75, 3.05) is 0 Å². The van der Waals surface area contributed by atoms with E-state index in [0.29, 0.717) is 12.8 Å². The van der Waals surface area contributed by atoms with Gasteiger partial charge in [-0.2, -0.15) is 0 Å². The number of carboxylic acid groups (broad SMARTS) is 1. The zero-order valence-electron chi connectivity index (χ0n) is 22.3. The molecule has 4 heteroatoms. The molecule has 194 valence electrons. The van der Waals surface area contributed by atoms with E-state index in [9.17, 15) is 14.7 Å². The summed E-state index contributed by atoms with van der Waals surface area (Å²) >= 11 is 0. The van der Waals surface area contributed by atoms with Crippen LogP contribution in [0.2, 0.25) is 0 Å². The Morgan fingerprint density at radius 2 is 1.06 bits per heavy atom. The van der Waals surface area contributed by atoms with E-state index in [2.05, 4.69) is 27.7 Å². The van der Waals surface area contributed by atoms with Gasteiger partial charge in [-0.3, -0.25) is 9.59 Å². The molecule has 0 bridgehead atoms. The Labute approximate surface area is 204 Å². The first-order chi connectivity index (χ1) is 15.8. The summed E-state index contributed by atoms with van der Waals surface area (Å²) in [5.41, 5.74) is 0. The Morgan fingerprint density at radius 1 is 0.667 bits per heavy atom. The third-order valence-corrected chi connectivity index (χ3v) is 7.28. The number of hydrogen-bond acceptors (Lipinski definition) is 3. The first-order valence-corrected chi connectivity index (χ1v) is 14.2. The first-order valence-electron chi connectivity index (χ1n) is 14.2. The zero-order chi connectivity index (χ0) is 24.5. The van der Waals surface area contributed by atoms with E-state index in [4.69, 9.17) is 4.74 Å². The Kier molecular flexibility index (Phi) is 16.6. The molecule has 0 aromatic carbocycles. The van der Waals surface area contributed by atoms with Crippen molar-refractivity contribution >= 4 is 11.9 Å². The van der Waals surface area contributed by atoms with Gasteiger partial charge >= 0.3 is 11.9 Å². The smallest absolute Gasteiger partial charge is 0.310 e. The fraction of sp³-hybridized carbons (Fsp3) is 0.931. The van der Waals surface area contributed by atoms with Gasteiger partial charge in [0.2, 0.25) is 0 Å². The number of rotatable bonds is 19. The average molecular weight is 467 g/mol. The Balaban J connectivity index is 2.40. The van der Waals surface area contributed by atoms with Crippen LogP contribution in [0.1, 0.15) is 143 Å². The number of hydrogen-bond donors (Lipinski definition) is 1. The van der Waals surface area contributed by atoms with Crippen LogP contribution in [-0.2, 0) is 14.3 Å². The largest absolute Gasteiger partial charge is 0.481 e. The van der Waals surface area contributed by atoms with Crippen LogP contribution in [0.5, 0.6) is 0 Å². The molecule has 0 spiro atoms. The van der Waals surface area contributed by atoms with Gasteiger partial charge in [0.25, 0.3) is 0 Å². The maximum Gasteiger partial charge on any atom is 0.310 e. The minimum absolute atomic E-state index is 0.0426. The summed E-state index contributed by atoms with van der Waals surface area (Å²) in [5, 5.41) is 9.53. The third kappa shape index (κ3) is 14.7. The summed E-state index contributed by atoms with van der Waals surface area (Å²) < 4.78 is 5.98. The molecule has 0 aliphatic heterocycles. The van der Waals surface area contributed by atoms with Crippen molar-refractivity contribution in [3.05, 3.63) is 0 Å². The molecule has 0 saturated heterocycles. The highest BCUT2D eigenvalue weighted by Crippen LogP contribution is 2.32. The summed E-state index contributed by atoms with van der Waals surface area (Å²) in [5.74, 6) is -0.550. The summed E-state index contributed by atoms with van der Waals surface area (Å²) in [7, 11) is 0. The topological polar surface area (TPSA) is 63.6 Å². The van der Waals surface area contributed by atoms with Crippen LogP contribution in [0, 0.1) is 23.7 Å². The molecule has 3 atom stereocenters. The maximum absolute atomic E-state index is 12.9. The number of esters is 1. The standard InChI is InChI=1S/C29H54O4/c1-23(2)17-11-8-6-5-7-9-13-19-25(20-14-10-12-18-24(3)4)33-29(32)27-22-16-15-21-26(27)28(30)31/h23-27H,5-22H2,1-4H3,(H,30,31). The first kappa shape index (κ1) is 30.0. The lowest BCUT2D eigenvalue weighted by atomic mass is 9.79. The van der Waals surface area contributed by atoms with Gasteiger partial charge in [0.05, 0.1) is 11.8 Å². The fourth-order valence-corrected chi connectivity index (χ4v) is 5.13. The molecule has 0 aromatic heterocycles. The predicted octanol–water partition coefficient (Wildman–Crippen LogP) is 8.56. The van der Waals surface area contributed by atoms with E-state index in [0.717, 1.165) is 50.4 Å². The molecule has 0 aromatic rings. The summed E-state index contributed by atoms with van der Waals surface area (Å²) in [6.45, 7) is 9.11. The van der Waals surface area contributed by atoms with Gasteiger partial charge in [0, 0.05) is 0 Å². The van der Waals surface area contributed by atoms with E-state index >= 15 is 0 Å².